The number of aryl methyl sites for hydroxylation is 3. The van der Waals surface area contributed by atoms with E-state index in [0.29, 0.717) is 17.1 Å². The van der Waals surface area contributed by atoms with Crippen LogP contribution in [-0.4, -0.2) is 20.9 Å². The third-order valence-electron chi connectivity index (χ3n) is 4.65. The smallest absolute Gasteiger partial charge is 0.262 e. The predicted molar refractivity (Wildman–Crippen MR) is 126 cm³/mol. The maximum Gasteiger partial charge on any atom is 0.262 e. The Morgan fingerprint density at radius 3 is 2.23 bits per heavy atom. The van der Waals surface area contributed by atoms with Gasteiger partial charge in [0.05, 0.1) is 9.37 Å². The molecule has 0 fully saturated rings. The van der Waals surface area contributed by atoms with E-state index in [-0.39, 0.29) is 17.4 Å². The number of sulfonamides is 1. The predicted octanol–water partition coefficient (Wildman–Crippen LogP) is 5.19. The number of carbonyl (C=O) groups is 1. The first-order valence-electron chi connectivity index (χ1n) is 9.53. The van der Waals surface area contributed by atoms with Gasteiger partial charge >= 0.3 is 0 Å². The maximum absolute atomic E-state index is 12.6. The minimum Gasteiger partial charge on any atom is -0.483 e. The zero-order valence-electron chi connectivity index (χ0n) is 17.4. The summed E-state index contributed by atoms with van der Waals surface area (Å²) in [5.74, 6) is 0.218. The highest BCUT2D eigenvalue weighted by atomic mass is 79.9. The third-order valence-corrected chi connectivity index (χ3v) is 6.67. The summed E-state index contributed by atoms with van der Waals surface area (Å²) in [6.45, 7) is 5.68. The van der Waals surface area contributed by atoms with Gasteiger partial charge in [0.2, 0.25) is 0 Å². The summed E-state index contributed by atoms with van der Waals surface area (Å²) >= 11 is 3.40. The van der Waals surface area contributed by atoms with Gasteiger partial charge in [0, 0.05) is 11.4 Å². The van der Waals surface area contributed by atoms with Gasteiger partial charge in [-0.1, -0.05) is 12.1 Å². The fraction of sp³-hybridized carbons (Fsp3) is 0.174. The first kappa shape index (κ1) is 22.8. The molecule has 0 atom stereocenters. The van der Waals surface area contributed by atoms with Crippen LogP contribution in [0.3, 0.4) is 0 Å². The maximum atomic E-state index is 12.6. The second kappa shape index (κ2) is 9.53. The van der Waals surface area contributed by atoms with Crippen molar-refractivity contribution in [2.24, 2.45) is 0 Å². The molecule has 31 heavy (non-hydrogen) atoms. The van der Waals surface area contributed by atoms with Crippen molar-refractivity contribution >= 4 is 43.2 Å². The lowest BCUT2D eigenvalue weighted by atomic mass is 10.1. The van der Waals surface area contributed by atoms with Crippen molar-refractivity contribution in [2.75, 3.05) is 16.6 Å². The molecule has 6 nitrogen and oxygen atoms in total. The molecule has 0 aliphatic heterocycles. The fourth-order valence-electron chi connectivity index (χ4n) is 2.80. The molecule has 0 aromatic heterocycles. The van der Waals surface area contributed by atoms with E-state index in [2.05, 4.69) is 26.0 Å². The molecule has 2 N–H and O–H groups in total. The Morgan fingerprint density at radius 2 is 1.58 bits per heavy atom. The van der Waals surface area contributed by atoms with Crippen LogP contribution in [0.1, 0.15) is 16.7 Å². The minimum absolute atomic E-state index is 0.101. The van der Waals surface area contributed by atoms with Crippen LogP contribution in [0.15, 0.2) is 70.0 Å². The summed E-state index contributed by atoms with van der Waals surface area (Å²) in [5.41, 5.74) is 4.13. The molecule has 3 aromatic carbocycles. The Balaban J connectivity index is 1.61. The SMILES string of the molecule is Cc1ccc(OCC(=O)Nc2ccc(S(=O)(=O)Nc3ccc(C)c(C)c3)cc2)c(Br)c1. The number of hydrogen-bond acceptors (Lipinski definition) is 4. The number of nitrogens with one attached hydrogen (secondary N) is 2. The van der Waals surface area contributed by atoms with Gasteiger partial charge in [-0.2, -0.15) is 0 Å². The summed E-state index contributed by atoms with van der Waals surface area (Å²) in [7, 11) is -3.74. The Hall–Kier alpha value is -2.84. The molecule has 0 heterocycles. The average Bonchev–Trinajstić information content (AvgIpc) is 2.70. The van der Waals surface area contributed by atoms with Crippen molar-refractivity contribution in [1.29, 1.82) is 0 Å². The monoisotopic (exact) mass is 502 g/mol. The molecule has 0 bridgehead atoms. The first-order valence-corrected chi connectivity index (χ1v) is 11.8. The molecule has 0 unspecified atom stereocenters. The fourth-order valence-corrected chi connectivity index (χ4v) is 4.46. The molecular weight excluding hydrogens is 480 g/mol. The summed E-state index contributed by atoms with van der Waals surface area (Å²) in [5, 5.41) is 2.69. The Kier molecular flexibility index (Phi) is 7.02. The Labute approximate surface area is 190 Å². The minimum atomic E-state index is -3.74. The lowest BCUT2D eigenvalue weighted by Gasteiger charge is -2.11. The van der Waals surface area contributed by atoms with Crippen LogP contribution in [0.25, 0.3) is 0 Å². The molecule has 0 aliphatic rings. The van der Waals surface area contributed by atoms with E-state index in [9.17, 15) is 13.2 Å². The number of carbonyl (C=O) groups excluding carboxylic acids is 1. The number of benzene rings is 3. The lowest BCUT2D eigenvalue weighted by molar-refractivity contribution is -0.118. The van der Waals surface area contributed by atoms with E-state index in [0.717, 1.165) is 21.2 Å². The summed E-state index contributed by atoms with van der Waals surface area (Å²) in [6, 6.07) is 16.9. The zero-order chi connectivity index (χ0) is 22.6. The van der Waals surface area contributed by atoms with Crippen molar-refractivity contribution < 1.29 is 17.9 Å². The van der Waals surface area contributed by atoms with E-state index in [4.69, 9.17) is 4.74 Å². The summed E-state index contributed by atoms with van der Waals surface area (Å²) < 4.78 is 34.1. The summed E-state index contributed by atoms with van der Waals surface area (Å²) in [6.07, 6.45) is 0. The Morgan fingerprint density at radius 1 is 0.903 bits per heavy atom. The molecule has 3 aromatic rings. The van der Waals surface area contributed by atoms with Crippen molar-refractivity contribution in [3.8, 4) is 5.75 Å². The van der Waals surface area contributed by atoms with Crippen LogP contribution in [0.5, 0.6) is 5.75 Å². The zero-order valence-corrected chi connectivity index (χ0v) is 19.8. The van der Waals surface area contributed by atoms with E-state index >= 15 is 0 Å². The number of amides is 1. The van der Waals surface area contributed by atoms with Gasteiger partial charge in [0.25, 0.3) is 15.9 Å². The molecule has 0 aliphatic carbocycles. The van der Waals surface area contributed by atoms with Crippen LogP contribution in [0.4, 0.5) is 11.4 Å². The van der Waals surface area contributed by atoms with Gasteiger partial charge in [0.1, 0.15) is 5.75 Å². The normalized spacial score (nSPS) is 11.1. The number of hydrogen-bond donors (Lipinski definition) is 2. The molecule has 162 valence electrons. The third kappa shape index (κ3) is 6.08. The number of halogens is 1. The molecule has 8 heteroatoms. The van der Waals surface area contributed by atoms with Gasteiger partial charge in [-0.05, 0) is 102 Å². The average molecular weight is 503 g/mol. The molecule has 3 rings (SSSR count). The van der Waals surface area contributed by atoms with Crippen molar-refractivity contribution in [3.63, 3.8) is 0 Å². The van der Waals surface area contributed by atoms with Gasteiger partial charge in [-0.15, -0.1) is 0 Å². The molecule has 0 saturated heterocycles. The molecular formula is C23H23BrN2O4S. The largest absolute Gasteiger partial charge is 0.483 e. The van der Waals surface area contributed by atoms with Crippen LogP contribution in [0.2, 0.25) is 0 Å². The second-order valence-corrected chi connectivity index (χ2v) is 9.74. The molecule has 1 amide bonds. The van der Waals surface area contributed by atoms with Gasteiger partial charge in [-0.25, -0.2) is 8.42 Å². The van der Waals surface area contributed by atoms with Gasteiger partial charge in [0.15, 0.2) is 6.61 Å². The quantitative estimate of drug-likeness (QED) is 0.465. The number of ether oxygens (including phenoxy) is 1. The highest BCUT2D eigenvalue weighted by Crippen LogP contribution is 2.26. The van der Waals surface area contributed by atoms with E-state index < -0.39 is 10.0 Å². The Bertz CT molecular complexity index is 1210. The van der Waals surface area contributed by atoms with Crippen molar-refractivity contribution in [1.82, 2.24) is 0 Å². The van der Waals surface area contributed by atoms with Crippen LogP contribution in [-0.2, 0) is 14.8 Å². The van der Waals surface area contributed by atoms with Crippen LogP contribution in [0, 0.1) is 20.8 Å². The van der Waals surface area contributed by atoms with Crippen molar-refractivity contribution in [2.45, 2.75) is 25.7 Å². The number of rotatable bonds is 7. The molecule has 0 radical (unpaired) electrons. The molecule has 0 saturated carbocycles. The van der Waals surface area contributed by atoms with Crippen molar-refractivity contribution in [3.05, 3.63) is 81.8 Å². The van der Waals surface area contributed by atoms with E-state index in [1.54, 1.807) is 18.2 Å². The highest BCUT2D eigenvalue weighted by Gasteiger charge is 2.15. The molecule has 0 spiro atoms. The van der Waals surface area contributed by atoms with E-state index in [1.165, 1.54) is 24.3 Å². The standard InChI is InChI=1S/C23H23BrN2O4S/c1-15-4-11-22(21(24)12-15)30-14-23(27)25-18-7-9-20(10-8-18)31(28,29)26-19-6-5-16(2)17(3)13-19/h4-13,26H,14H2,1-3H3,(H,25,27). The topological polar surface area (TPSA) is 84.5 Å². The number of anilines is 2. The van der Waals surface area contributed by atoms with E-state index in [1.807, 2.05) is 39.0 Å². The van der Waals surface area contributed by atoms with Gasteiger partial charge in [-0.3, -0.25) is 9.52 Å². The second-order valence-electron chi connectivity index (χ2n) is 7.20. The first-order chi connectivity index (χ1) is 14.6. The summed E-state index contributed by atoms with van der Waals surface area (Å²) in [4.78, 5) is 12.3. The van der Waals surface area contributed by atoms with Crippen LogP contribution >= 0.6 is 15.9 Å². The van der Waals surface area contributed by atoms with Crippen LogP contribution < -0.4 is 14.8 Å². The lowest BCUT2D eigenvalue weighted by Crippen LogP contribution is -2.20. The van der Waals surface area contributed by atoms with Gasteiger partial charge < -0.3 is 10.1 Å². The highest BCUT2D eigenvalue weighted by molar-refractivity contribution is 9.10.